The van der Waals surface area contributed by atoms with E-state index in [1.54, 1.807) is 12.3 Å². The van der Waals surface area contributed by atoms with E-state index in [0.29, 0.717) is 24.3 Å². The van der Waals surface area contributed by atoms with Gasteiger partial charge in [-0.1, -0.05) is 30.3 Å². The van der Waals surface area contributed by atoms with Crippen LogP contribution in [0, 0.1) is 0 Å². The molecule has 1 fully saturated rings. The van der Waals surface area contributed by atoms with Gasteiger partial charge < -0.3 is 0 Å². The Morgan fingerprint density at radius 1 is 1.30 bits per heavy atom. The van der Waals surface area contributed by atoms with E-state index in [-0.39, 0.29) is 5.56 Å². The molecular weight excluding hydrogens is 288 g/mol. The number of H-pyrrole nitrogens is 1. The first-order valence-electron chi connectivity index (χ1n) is 8.09. The van der Waals surface area contributed by atoms with Crippen molar-refractivity contribution in [3.8, 4) is 0 Å². The first-order valence-corrected chi connectivity index (χ1v) is 8.09. The number of nitrogens with one attached hydrogen (secondary N) is 1. The summed E-state index contributed by atoms with van der Waals surface area (Å²) in [5.41, 5.74) is 2.76. The van der Waals surface area contributed by atoms with E-state index in [1.165, 1.54) is 22.9 Å². The zero-order chi connectivity index (χ0) is 15.8. The van der Waals surface area contributed by atoms with Crippen LogP contribution in [0.3, 0.4) is 0 Å². The van der Waals surface area contributed by atoms with E-state index >= 15 is 0 Å². The monoisotopic (exact) mass is 308 g/mol. The second kappa shape index (κ2) is 5.66. The molecule has 1 atom stereocenters. The van der Waals surface area contributed by atoms with E-state index in [1.807, 2.05) is 12.1 Å². The summed E-state index contributed by atoms with van der Waals surface area (Å²) in [4.78, 5) is 19.2. The Hall–Kier alpha value is -2.40. The fourth-order valence-electron chi connectivity index (χ4n) is 3.16. The van der Waals surface area contributed by atoms with Crippen LogP contribution in [0.4, 0.5) is 0 Å². The van der Waals surface area contributed by atoms with Crippen LogP contribution in [0.5, 0.6) is 0 Å². The van der Waals surface area contributed by atoms with Crippen LogP contribution < -0.4 is 5.56 Å². The lowest BCUT2D eigenvalue weighted by molar-refractivity contribution is 0.188. The number of aromatic amines is 1. The summed E-state index contributed by atoms with van der Waals surface area (Å²) >= 11 is 0. The molecule has 1 unspecified atom stereocenters. The molecule has 2 heterocycles. The Morgan fingerprint density at radius 2 is 2.09 bits per heavy atom. The highest BCUT2D eigenvalue weighted by atomic mass is 16.1. The number of benzene rings is 1. The summed E-state index contributed by atoms with van der Waals surface area (Å²) in [5, 5.41) is 2.88. The summed E-state index contributed by atoms with van der Waals surface area (Å²) in [5.74, 6) is 0. The maximum atomic E-state index is 12.1. The second-order valence-corrected chi connectivity index (χ2v) is 6.23. The van der Waals surface area contributed by atoms with Gasteiger partial charge in [-0.25, -0.2) is 9.50 Å². The van der Waals surface area contributed by atoms with Crippen molar-refractivity contribution < 1.29 is 0 Å². The molecule has 23 heavy (non-hydrogen) atoms. The van der Waals surface area contributed by atoms with Crippen LogP contribution >= 0.6 is 0 Å². The lowest BCUT2D eigenvalue weighted by atomic mass is 10.1. The minimum atomic E-state index is -0.0573. The van der Waals surface area contributed by atoms with E-state index in [0.717, 1.165) is 5.69 Å². The Morgan fingerprint density at radius 3 is 2.83 bits per heavy atom. The highest BCUT2D eigenvalue weighted by molar-refractivity contribution is 5.36. The maximum Gasteiger partial charge on any atom is 0.272 e. The molecular formula is C18H20N4O. The lowest BCUT2D eigenvalue weighted by Crippen LogP contribution is -2.30. The number of rotatable bonds is 5. The molecule has 1 saturated carbocycles. The molecule has 0 saturated heterocycles. The lowest BCUT2D eigenvalue weighted by Gasteiger charge is -2.29. The SMILES string of the molecule is CC(c1ccccc1)N(Cc1cc(=O)n2[nH]ccc2n1)C1CC1. The maximum absolute atomic E-state index is 12.1. The Bertz CT molecular complexity index is 863. The van der Waals surface area contributed by atoms with Gasteiger partial charge in [0.1, 0.15) is 0 Å². The first kappa shape index (κ1) is 14.2. The molecule has 1 aliphatic carbocycles. The molecule has 2 aromatic heterocycles. The largest absolute Gasteiger partial charge is 0.297 e. The molecule has 0 radical (unpaired) electrons. The smallest absolute Gasteiger partial charge is 0.272 e. The first-order chi connectivity index (χ1) is 11.2. The fraction of sp³-hybridized carbons (Fsp3) is 0.333. The molecule has 1 N–H and O–H groups in total. The normalized spacial score (nSPS) is 16.1. The van der Waals surface area contributed by atoms with Gasteiger partial charge in [0.2, 0.25) is 0 Å². The van der Waals surface area contributed by atoms with Crippen LogP contribution in [0.1, 0.15) is 37.1 Å². The number of fused-ring (bicyclic) bond motifs is 1. The zero-order valence-corrected chi connectivity index (χ0v) is 13.1. The van der Waals surface area contributed by atoms with E-state index in [4.69, 9.17) is 0 Å². The number of hydrogen-bond acceptors (Lipinski definition) is 3. The van der Waals surface area contributed by atoms with Crippen molar-refractivity contribution in [2.75, 3.05) is 0 Å². The highest BCUT2D eigenvalue weighted by Crippen LogP contribution is 2.35. The highest BCUT2D eigenvalue weighted by Gasteiger charge is 2.33. The quantitative estimate of drug-likeness (QED) is 0.788. The Labute approximate surface area is 134 Å². The van der Waals surface area contributed by atoms with Gasteiger partial charge >= 0.3 is 0 Å². The number of hydrogen-bond donors (Lipinski definition) is 1. The number of nitrogens with zero attached hydrogens (tertiary/aromatic N) is 3. The third kappa shape index (κ3) is 2.80. The van der Waals surface area contributed by atoms with Gasteiger partial charge in [-0.05, 0) is 25.3 Å². The topological polar surface area (TPSA) is 53.4 Å². The van der Waals surface area contributed by atoms with Crippen molar-refractivity contribution in [3.05, 3.63) is 70.3 Å². The molecule has 5 heteroatoms. The van der Waals surface area contributed by atoms with E-state index in [2.05, 4.69) is 46.2 Å². The van der Waals surface area contributed by atoms with Gasteiger partial charge in [0.05, 0.1) is 5.69 Å². The molecule has 3 aromatic rings. The van der Waals surface area contributed by atoms with Crippen LogP contribution in [0.15, 0.2) is 53.5 Å². The predicted octanol–water partition coefficient (Wildman–Crippen LogP) is 2.75. The standard InChI is InChI=1S/C18H20N4O/c1-13(14-5-3-2-4-6-14)21(16-7-8-16)12-15-11-18(23)22-17(20-15)9-10-19-22/h2-6,9-11,13,16,19H,7-8,12H2,1H3. The van der Waals surface area contributed by atoms with Crippen molar-refractivity contribution in [1.29, 1.82) is 0 Å². The minimum Gasteiger partial charge on any atom is -0.297 e. The van der Waals surface area contributed by atoms with Crippen LogP contribution in [-0.4, -0.2) is 25.5 Å². The molecule has 4 rings (SSSR count). The van der Waals surface area contributed by atoms with Crippen molar-refractivity contribution >= 4 is 5.65 Å². The average molecular weight is 308 g/mol. The van der Waals surface area contributed by atoms with Gasteiger partial charge in [0, 0.05) is 37.0 Å². The van der Waals surface area contributed by atoms with Gasteiger partial charge in [0.25, 0.3) is 5.56 Å². The zero-order valence-electron chi connectivity index (χ0n) is 13.1. The second-order valence-electron chi connectivity index (χ2n) is 6.23. The molecule has 1 aliphatic rings. The summed E-state index contributed by atoms with van der Waals surface area (Å²) in [6.07, 6.45) is 4.18. The van der Waals surface area contributed by atoms with Gasteiger partial charge in [-0.2, -0.15) is 0 Å². The minimum absolute atomic E-state index is 0.0573. The summed E-state index contributed by atoms with van der Waals surface area (Å²) in [6.45, 7) is 2.94. The molecule has 0 spiro atoms. The van der Waals surface area contributed by atoms with E-state index < -0.39 is 0 Å². The van der Waals surface area contributed by atoms with Gasteiger partial charge in [-0.15, -0.1) is 0 Å². The predicted molar refractivity (Wildman–Crippen MR) is 89.2 cm³/mol. The van der Waals surface area contributed by atoms with Gasteiger partial charge in [-0.3, -0.25) is 14.8 Å². The molecule has 0 aliphatic heterocycles. The number of aromatic nitrogens is 3. The summed E-state index contributed by atoms with van der Waals surface area (Å²) in [7, 11) is 0. The van der Waals surface area contributed by atoms with Crippen LogP contribution in [0.25, 0.3) is 5.65 Å². The average Bonchev–Trinajstić information content (AvgIpc) is 3.30. The van der Waals surface area contributed by atoms with Crippen molar-refractivity contribution in [2.45, 2.75) is 38.4 Å². The Balaban J connectivity index is 1.64. The summed E-state index contributed by atoms with van der Waals surface area (Å²) < 4.78 is 1.46. The van der Waals surface area contributed by atoms with E-state index in [9.17, 15) is 4.79 Å². The fourth-order valence-corrected chi connectivity index (χ4v) is 3.16. The van der Waals surface area contributed by atoms with Crippen molar-refractivity contribution in [3.63, 3.8) is 0 Å². The molecule has 0 amide bonds. The van der Waals surface area contributed by atoms with Crippen molar-refractivity contribution in [1.82, 2.24) is 19.5 Å². The molecule has 1 aromatic carbocycles. The molecule has 0 bridgehead atoms. The molecule has 118 valence electrons. The Kier molecular flexibility index (Phi) is 3.50. The third-order valence-corrected chi connectivity index (χ3v) is 4.57. The summed E-state index contributed by atoms with van der Waals surface area (Å²) in [6, 6.07) is 14.9. The van der Waals surface area contributed by atoms with Crippen LogP contribution in [0.2, 0.25) is 0 Å². The van der Waals surface area contributed by atoms with Crippen molar-refractivity contribution in [2.24, 2.45) is 0 Å². The van der Waals surface area contributed by atoms with Gasteiger partial charge in [0.15, 0.2) is 5.65 Å². The molecule has 5 nitrogen and oxygen atoms in total. The third-order valence-electron chi connectivity index (χ3n) is 4.57. The van der Waals surface area contributed by atoms with Crippen LogP contribution in [-0.2, 0) is 6.54 Å².